The number of aliphatic hydroxyl groups excluding tert-OH is 1. The van der Waals surface area contributed by atoms with Crippen molar-refractivity contribution in [2.75, 3.05) is 52.4 Å². The Kier molecular flexibility index (Phi) is 7.09. The largest absolute Gasteiger partial charge is 0.396 e. The summed E-state index contributed by atoms with van der Waals surface area (Å²) in [5.74, 6) is 0. The normalized spacial score (nSPS) is 24.3. The van der Waals surface area contributed by atoms with Gasteiger partial charge in [-0.25, -0.2) is 0 Å². The molecule has 0 radical (unpaired) electrons. The maximum Gasteiger partial charge on any atom is 0.0445 e. The van der Waals surface area contributed by atoms with Gasteiger partial charge in [0.05, 0.1) is 0 Å². The Morgan fingerprint density at radius 1 is 0.875 bits per heavy atom. The molecule has 2 heterocycles. The van der Waals surface area contributed by atoms with Gasteiger partial charge in [-0.2, -0.15) is 0 Å². The lowest BCUT2D eigenvalue weighted by molar-refractivity contribution is 0.0816. The van der Waals surface area contributed by atoms with Crippen LogP contribution in [0.5, 0.6) is 0 Å². The summed E-state index contributed by atoms with van der Waals surface area (Å²) in [6.45, 7) is 9.71. The maximum atomic E-state index is 9.26. The number of nitrogens with zero attached hydrogens (tertiary/aromatic N) is 3. The topological polar surface area (TPSA) is 30.0 Å². The highest BCUT2D eigenvalue weighted by molar-refractivity contribution is 5.14. The van der Waals surface area contributed by atoms with Gasteiger partial charge in [-0.15, -0.1) is 0 Å². The number of hydrogen-bond acceptors (Lipinski definition) is 4. The fourth-order valence-electron chi connectivity index (χ4n) is 4.11. The zero-order chi connectivity index (χ0) is 16.6. The molecule has 0 amide bonds. The molecular formula is C20H33N3O. The van der Waals surface area contributed by atoms with Crippen LogP contribution in [0.4, 0.5) is 0 Å². The molecule has 1 N–H and O–H groups in total. The molecule has 0 aromatic heterocycles. The lowest BCUT2D eigenvalue weighted by atomic mass is 10.00. The van der Waals surface area contributed by atoms with Gasteiger partial charge in [0, 0.05) is 58.5 Å². The van der Waals surface area contributed by atoms with Crippen molar-refractivity contribution in [2.24, 2.45) is 0 Å². The molecule has 0 spiro atoms. The minimum Gasteiger partial charge on any atom is -0.396 e. The summed E-state index contributed by atoms with van der Waals surface area (Å²) in [7, 11) is 0. The van der Waals surface area contributed by atoms with E-state index >= 15 is 0 Å². The molecule has 1 aromatic rings. The summed E-state index contributed by atoms with van der Waals surface area (Å²) < 4.78 is 0. The van der Waals surface area contributed by atoms with E-state index < -0.39 is 0 Å². The molecule has 24 heavy (non-hydrogen) atoms. The summed E-state index contributed by atoms with van der Waals surface area (Å²) >= 11 is 0. The Labute approximate surface area is 147 Å². The number of piperidine rings is 1. The zero-order valence-electron chi connectivity index (χ0n) is 14.9. The fraction of sp³-hybridized carbons (Fsp3) is 0.700. The summed E-state index contributed by atoms with van der Waals surface area (Å²) in [4.78, 5) is 7.81. The lowest BCUT2D eigenvalue weighted by Crippen LogP contribution is -2.49. The van der Waals surface area contributed by atoms with Crippen LogP contribution >= 0.6 is 0 Å². The molecule has 134 valence electrons. The molecule has 1 atom stereocenters. The van der Waals surface area contributed by atoms with Crippen molar-refractivity contribution in [1.82, 2.24) is 14.7 Å². The van der Waals surface area contributed by atoms with E-state index in [-0.39, 0.29) is 0 Å². The smallest absolute Gasteiger partial charge is 0.0445 e. The minimum atomic E-state index is 0.333. The van der Waals surface area contributed by atoms with E-state index in [9.17, 15) is 5.11 Å². The Bertz CT molecular complexity index is 457. The first-order valence-electron chi connectivity index (χ1n) is 9.68. The summed E-state index contributed by atoms with van der Waals surface area (Å²) in [5.41, 5.74) is 1.42. The molecule has 4 nitrogen and oxygen atoms in total. The van der Waals surface area contributed by atoms with E-state index in [4.69, 9.17) is 0 Å². The van der Waals surface area contributed by atoms with Gasteiger partial charge < -0.3 is 5.11 Å². The van der Waals surface area contributed by atoms with Crippen LogP contribution in [-0.4, -0.2) is 78.3 Å². The highest BCUT2D eigenvalue weighted by Gasteiger charge is 2.23. The Hall–Kier alpha value is -0.940. The molecule has 0 unspecified atom stereocenters. The van der Waals surface area contributed by atoms with Crippen LogP contribution in [0.25, 0.3) is 0 Å². The van der Waals surface area contributed by atoms with Crippen LogP contribution in [0.3, 0.4) is 0 Å². The SMILES string of the molecule is OCC[C@@H]1CCCCN1CCN1CCN(Cc2ccccc2)CC1. The predicted octanol–water partition coefficient (Wildman–Crippen LogP) is 2.04. The summed E-state index contributed by atoms with van der Waals surface area (Å²) in [6.07, 6.45) is 4.88. The third kappa shape index (κ3) is 5.28. The molecule has 1 aromatic carbocycles. The van der Waals surface area contributed by atoms with Gasteiger partial charge in [0.15, 0.2) is 0 Å². The zero-order valence-corrected chi connectivity index (χ0v) is 14.9. The first kappa shape index (κ1) is 17.9. The van der Waals surface area contributed by atoms with Gasteiger partial charge in [0.25, 0.3) is 0 Å². The molecule has 4 heteroatoms. The standard InChI is InChI=1S/C20H33N3O/c24-17-9-20-8-4-5-10-23(20)16-15-21-11-13-22(14-12-21)18-19-6-2-1-3-7-19/h1-3,6-7,20,24H,4-5,8-18H2/t20-/m0/s1. The second-order valence-electron chi connectivity index (χ2n) is 7.30. The van der Waals surface area contributed by atoms with Gasteiger partial charge in [-0.1, -0.05) is 36.8 Å². The van der Waals surface area contributed by atoms with Crippen molar-refractivity contribution in [3.05, 3.63) is 35.9 Å². The second kappa shape index (κ2) is 9.52. The number of rotatable bonds is 7. The average molecular weight is 332 g/mol. The second-order valence-corrected chi connectivity index (χ2v) is 7.30. The van der Waals surface area contributed by atoms with Crippen molar-refractivity contribution in [2.45, 2.75) is 38.3 Å². The van der Waals surface area contributed by atoms with E-state index in [0.29, 0.717) is 12.6 Å². The molecule has 3 rings (SSSR count). The monoisotopic (exact) mass is 331 g/mol. The van der Waals surface area contributed by atoms with Gasteiger partial charge in [0.2, 0.25) is 0 Å². The molecule has 2 fully saturated rings. The Balaban J connectivity index is 1.37. The van der Waals surface area contributed by atoms with Crippen molar-refractivity contribution < 1.29 is 5.11 Å². The number of aliphatic hydroxyl groups is 1. The van der Waals surface area contributed by atoms with Crippen LogP contribution in [0, 0.1) is 0 Å². The molecule has 2 saturated heterocycles. The first-order valence-corrected chi connectivity index (χ1v) is 9.68. The van der Waals surface area contributed by atoms with Gasteiger partial charge in [0.1, 0.15) is 0 Å². The molecular weight excluding hydrogens is 298 g/mol. The average Bonchev–Trinajstić information content (AvgIpc) is 2.63. The molecule has 0 aliphatic carbocycles. The van der Waals surface area contributed by atoms with Crippen LogP contribution in [-0.2, 0) is 6.54 Å². The number of hydrogen-bond donors (Lipinski definition) is 1. The van der Waals surface area contributed by atoms with E-state index in [0.717, 1.165) is 13.0 Å². The Morgan fingerprint density at radius 3 is 2.38 bits per heavy atom. The quantitative estimate of drug-likeness (QED) is 0.828. The third-order valence-corrected chi connectivity index (χ3v) is 5.63. The van der Waals surface area contributed by atoms with Crippen molar-refractivity contribution in [3.63, 3.8) is 0 Å². The molecule has 0 bridgehead atoms. The lowest BCUT2D eigenvalue weighted by Gasteiger charge is -2.39. The van der Waals surface area contributed by atoms with Crippen molar-refractivity contribution in [1.29, 1.82) is 0 Å². The van der Waals surface area contributed by atoms with Gasteiger partial charge in [-0.3, -0.25) is 14.7 Å². The van der Waals surface area contributed by atoms with Crippen LogP contribution < -0.4 is 0 Å². The van der Waals surface area contributed by atoms with Gasteiger partial charge >= 0.3 is 0 Å². The highest BCUT2D eigenvalue weighted by atomic mass is 16.3. The number of likely N-dealkylation sites (tertiary alicyclic amines) is 1. The molecule has 0 saturated carbocycles. The maximum absolute atomic E-state index is 9.26. The molecule has 2 aliphatic rings. The van der Waals surface area contributed by atoms with E-state index in [1.54, 1.807) is 0 Å². The fourth-order valence-corrected chi connectivity index (χ4v) is 4.11. The Morgan fingerprint density at radius 2 is 1.62 bits per heavy atom. The van der Waals surface area contributed by atoms with E-state index in [1.807, 2.05) is 0 Å². The predicted molar refractivity (Wildman–Crippen MR) is 99.1 cm³/mol. The third-order valence-electron chi connectivity index (χ3n) is 5.63. The van der Waals surface area contributed by atoms with E-state index in [1.165, 1.54) is 70.6 Å². The van der Waals surface area contributed by atoms with Crippen LogP contribution in [0.1, 0.15) is 31.2 Å². The first-order chi connectivity index (χ1) is 11.8. The summed E-state index contributed by atoms with van der Waals surface area (Å²) in [6, 6.07) is 11.4. The summed E-state index contributed by atoms with van der Waals surface area (Å²) in [5, 5.41) is 9.26. The van der Waals surface area contributed by atoms with Crippen LogP contribution in [0.2, 0.25) is 0 Å². The number of benzene rings is 1. The minimum absolute atomic E-state index is 0.333. The number of piperazine rings is 1. The molecule has 2 aliphatic heterocycles. The highest BCUT2D eigenvalue weighted by Crippen LogP contribution is 2.19. The van der Waals surface area contributed by atoms with Crippen LogP contribution in [0.15, 0.2) is 30.3 Å². The van der Waals surface area contributed by atoms with Gasteiger partial charge in [-0.05, 0) is 31.4 Å². The van der Waals surface area contributed by atoms with E-state index in [2.05, 4.69) is 45.0 Å². The van der Waals surface area contributed by atoms with Crippen molar-refractivity contribution in [3.8, 4) is 0 Å². The van der Waals surface area contributed by atoms with Crippen molar-refractivity contribution >= 4 is 0 Å².